The summed E-state index contributed by atoms with van der Waals surface area (Å²) in [7, 11) is -3.62. The molecule has 8 heteroatoms. The van der Waals surface area contributed by atoms with E-state index in [1.54, 1.807) is 37.3 Å². The summed E-state index contributed by atoms with van der Waals surface area (Å²) < 4.78 is 27.9. The largest absolute Gasteiger partial charge is 0.326 e. The van der Waals surface area contributed by atoms with Crippen molar-refractivity contribution in [2.24, 2.45) is 0 Å². The van der Waals surface area contributed by atoms with Crippen LogP contribution < -0.4 is 10.0 Å². The van der Waals surface area contributed by atoms with Crippen molar-refractivity contribution in [2.75, 3.05) is 10.0 Å². The van der Waals surface area contributed by atoms with E-state index in [9.17, 15) is 13.2 Å². The van der Waals surface area contributed by atoms with E-state index < -0.39 is 10.0 Å². The molecule has 1 amide bonds. The van der Waals surface area contributed by atoms with Crippen molar-refractivity contribution in [1.82, 2.24) is 0 Å². The van der Waals surface area contributed by atoms with Gasteiger partial charge in [0.15, 0.2) is 0 Å². The molecule has 21 heavy (non-hydrogen) atoms. The Labute approximate surface area is 135 Å². The number of hydrogen-bond acceptors (Lipinski definition) is 4. The molecule has 0 saturated carbocycles. The summed E-state index contributed by atoms with van der Waals surface area (Å²) in [6, 6.07) is 8.04. The number of aryl methyl sites for hydroxylation is 1. The lowest BCUT2D eigenvalue weighted by Gasteiger charge is -2.08. The minimum atomic E-state index is -3.62. The van der Waals surface area contributed by atoms with Gasteiger partial charge in [0.05, 0.1) is 3.79 Å². The number of carbonyl (C=O) groups excluding carboxylic acids is 1. The minimum absolute atomic E-state index is 0.179. The van der Waals surface area contributed by atoms with Gasteiger partial charge in [-0.25, -0.2) is 8.42 Å². The summed E-state index contributed by atoms with van der Waals surface area (Å²) in [6.07, 6.45) is 0. The Morgan fingerprint density at radius 3 is 2.24 bits per heavy atom. The van der Waals surface area contributed by atoms with Crippen LogP contribution in [0.25, 0.3) is 0 Å². The van der Waals surface area contributed by atoms with Gasteiger partial charge in [-0.05, 0) is 53.2 Å². The zero-order valence-corrected chi connectivity index (χ0v) is 14.5. The van der Waals surface area contributed by atoms with Gasteiger partial charge < -0.3 is 5.32 Å². The first-order chi connectivity index (χ1) is 9.78. The molecule has 0 atom stereocenters. The number of hydrogen-bond donors (Lipinski definition) is 2. The third-order valence-electron chi connectivity index (χ3n) is 2.59. The Hall–Kier alpha value is -1.38. The first-order valence-corrected chi connectivity index (χ1v) is 9.03. The monoisotopic (exact) mass is 388 g/mol. The molecule has 1 aromatic carbocycles. The quantitative estimate of drug-likeness (QED) is 0.840. The van der Waals surface area contributed by atoms with Gasteiger partial charge in [0.2, 0.25) is 5.91 Å². The molecule has 0 aliphatic rings. The molecule has 2 rings (SSSR count). The smallest absolute Gasteiger partial charge is 0.263 e. The van der Waals surface area contributed by atoms with Crippen molar-refractivity contribution in [3.8, 4) is 0 Å². The average Bonchev–Trinajstić information content (AvgIpc) is 2.71. The van der Waals surface area contributed by atoms with Crippen LogP contribution in [-0.2, 0) is 14.8 Å². The molecule has 0 aliphatic heterocycles. The van der Waals surface area contributed by atoms with Gasteiger partial charge >= 0.3 is 0 Å². The van der Waals surface area contributed by atoms with Crippen LogP contribution in [0.4, 0.5) is 11.4 Å². The summed E-state index contributed by atoms with van der Waals surface area (Å²) in [5.41, 5.74) is 1.05. The first-order valence-electron chi connectivity index (χ1n) is 5.94. The van der Waals surface area contributed by atoms with E-state index in [0.29, 0.717) is 16.3 Å². The standard InChI is InChI=1S/C13H13BrN2O3S2/c1-8-12(7-13(14)20-8)21(18,19)16-11-5-3-10(4-6-11)15-9(2)17/h3-7,16H,1-2H3,(H,15,17). The molecule has 0 saturated heterocycles. The minimum Gasteiger partial charge on any atom is -0.326 e. The predicted octanol–water partition coefficient (Wildman–Crippen LogP) is 3.58. The lowest BCUT2D eigenvalue weighted by Crippen LogP contribution is -2.13. The Kier molecular flexibility index (Phi) is 4.70. The van der Waals surface area contributed by atoms with Gasteiger partial charge in [0.1, 0.15) is 4.90 Å². The van der Waals surface area contributed by atoms with Gasteiger partial charge in [-0.15, -0.1) is 11.3 Å². The van der Waals surface area contributed by atoms with Gasteiger partial charge in [-0.3, -0.25) is 9.52 Å². The number of carbonyl (C=O) groups is 1. The highest BCUT2D eigenvalue weighted by atomic mass is 79.9. The fourth-order valence-electron chi connectivity index (χ4n) is 1.73. The van der Waals surface area contributed by atoms with Crippen molar-refractivity contribution < 1.29 is 13.2 Å². The van der Waals surface area contributed by atoms with Gasteiger partial charge in [-0.2, -0.15) is 0 Å². The number of amides is 1. The maximum atomic E-state index is 12.3. The van der Waals surface area contributed by atoms with Crippen LogP contribution in [0, 0.1) is 6.92 Å². The number of halogens is 1. The fourth-order valence-corrected chi connectivity index (χ4v) is 5.21. The second-order valence-corrected chi connectivity index (χ2v) is 8.62. The van der Waals surface area contributed by atoms with Gasteiger partial charge in [0.25, 0.3) is 10.0 Å². The number of benzene rings is 1. The van der Waals surface area contributed by atoms with E-state index in [4.69, 9.17) is 0 Å². The number of rotatable bonds is 4. The molecule has 0 unspecified atom stereocenters. The molecular formula is C13H13BrN2O3S2. The molecule has 5 nitrogen and oxygen atoms in total. The molecule has 0 fully saturated rings. The number of sulfonamides is 1. The highest BCUT2D eigenvalue weighted by molar-refractivity contribution is 9.11. The van der Waals surface area contributed by atoms with Crippen molar-refractivity contribution in [2.45, 2.75) is 18.7 Å². The first kappa shape index (κ1) is 16.0. The molecule has 112 valence electrons. The summed E-state index contributed by atoms with van der Waals surface area (Å²) in [5, 5.41) is 2.62. The number of anilines is 2. The zero-order valence-electron chi connectivity index (χ0n) is 11.3. The SMILES string of the molecule is CC(=O)Nc1ccc(NS(=O)(=O)c2cc(Br)sc2C)cc1. The molecule has 2 N–H and O–H groups in total. The summed E-state index contributed by atoms with van der Waals surface area (Å²) in [6.45, 7) is 3.16. The summed E-state index contributed by atoms with van der Waals surface area (Å²) in [4.78, 5) is 11.9. The maximum Gasteiger partial charge on any atom is 0.263 e. The second kappa shape index (κ2) is 6.17. The molecular weight excluding hydrogens is 376 g/mol. The highest BCUT2D eigenvalue weighted by Gasteiger charge is 2.19. The third kappa shape index (κ3) is 4.05. The summed E-state index contributed by atoms with van der Waals surface area (Å²) >= 11 is 4.65. The predicted molar refractivity (Wildman–Crippen MR) is 88.3 cm³/mol. The van der Waals surface area contributed by atoms with Crippen molar-refractivity contribution in [3.05, 3.63) is 39.0 Å². The van der Waals surface area contributed by atoms with E-state index in [0.717, 1.165) is 3.79 Å². The van der Waals surface area contributed by atoms with Crippen LogP contribution >= 0.6 is 27.3 Å². The topological polar surface area (TPSA) is 75.3 Å². The van der Waals surface area contributed by atoms with Crippen LogP contribution in [0.1, 0.15) is 11.8 Å². The number of nitrogens with one attached hydrogen (secondary N) is 2. The molecule has 0 aliphatic carbocycles. The van der Waals surface area contributed by atoms with Gasteiger partial charge in [-0.1, -0.05) is 0 Å². The van der Waals surface area contributed by atoms with Crippen LogP contribution in [-0.4, -0.2) is 14.3 Å². The summed E-state index contributed by atoms with van der Waals surface area (Å²) in [5.74, 6) is -0.179. The molecule has 1 heterocycles. The zero-order chi connectivity index (χ0) is 15.6. The van der Waals surface area contributed by atoms with E-state index in [2.05, 4.69) is 26.0 Å². The van der Waals surface area contributed by atoms with E-state index in [1.165, 1.54) is 18.3 Å². The molecule has 1 aromatic heterocycles. The Morgan fingerprint density at radius 1 is 1.19 bits per heavy atom. The van der Waals surface area contributed by atoms with Crippen molar-refractivity contribution in [1.29, 1.82) is 0 Å². The van der Waals surface area contributed by atoms with Crippen LogP contribution in [0.5, 0.6) is 0 Å². The molecule has 0 radical (unpaired) electrons. The Balaban J connectivity index is 2.21. The van der Waals surface area contributed by atoms with E-state index in [1.807, 2.05) is 0 Å². The third-order valence-corrected chi connectivity index (χ3v) is 5.78. The molecule has 2 aromatic rings. The second-order valence-electron chi connectivity index (χ2n) is 4.33. The Bertz CT molecular complexity index is 767. The molecule has 0 bridgehead atoms. The van der Waals surface area contributed by atoms with E-state index >= 15 is 0 Å². The highest BCUT2D eigenvalue weighted by Crippen LogP contribution is 2.30. The van der Waals surface area contributed by atoms with E-state index in [-0.39, 0.29) is 10.8 Å². The van der Waals surface area contributed by atoms with Crippen LogP contribution in [0.2, 0.25) is 0 Å². The van der Waals surface area contributed by atoms with Crippen LogP contribution in [0.3, 0.4) is 0 Å². The maximum absolute atomic E-state index is 12.3. The lowest BCUT2D eigenvalue weighted by molar-refractivity contribution is -0.114. The normalized spacial score (nSPS) is 11.2. The van der Waals surface area contributed by atoms with Crippen molar-refractivity contribution >= 4 is 54.6 Å². The van der Waals surface area contributed by atoms with Crippen LogP contribution in [0.15, 0.2) is 39.0 Å². The average molecular weight is 389 g/mol. The van der Waals surface area contributed by atoms with Crippen molar-refractivity contribution in [3.63, 3.8) is 0 Å². The molecule has 0 spiro atoms. The fraction of sp³-hybridized carbons (Fsp3) is 0.154. The lowest BCUT2D eigenvalue weighted by atomic mass is 10.3. The number of thiophene rings is 1. The Morgan fingerprint density at radius 2 is 1.76 bits per heavy atom. The van der Waals surface area contributed by atoms with Gasteiger partial charge in [0, 0.05) is 23.2 Å².